The highest BCUT2D eigenvalue weighted by atomic mass is 15.1. The van der Waals surface area contributed by atoms with E-state index in [4.69, 9.17) is 0 Å². The summed E-state index contributed by atoms with van der Waals surface area (Å²) in [7, 11) is 0. The molecule has 3 aromatic heterocycles. The van der Waals surface area contributed by atoms with Crippen LogP contribution in [0.3, 0.4) is 0 Å². The fourth-order valence-electron chi connectivity index (χ4n) is 8.48. The number of benzene rings is 6. The summed E-state index contributed by atoms with van der Waals surface area (Å²) in [6, 6.07) is 50.1. The van der Waals surface area contributed by atoms with Crippen molar-refractivity contribution in [3.63, 3.8) is 0 Å². The quantitative estimate of drug-likeness (QED) is 0.198. The van der Waals surface area contributed by atoms with E-state index in [2.05, 4.69) is 147 Å². The molecule has 0 amide bonds. The summed E-state index contributed by atoms with van der Waals surface area (Å²) in [6.07, 6.45) is 6.54. The first kappa shape index (κ1) is 25.1. The number of para-hydroxylation sites is 4. The predicted molar refractivity (Wildman–Crippen MR) is 190 cm³/mol. The molecule has 0 aliphatic heterocycles. The van der Waals surface area contributed by atoms with Crippen molar-refractivity contribution in [1.82, 2.24) is 13.7 Å². The number of rotatable bonds is 3. The minimum Gasteiger partial charge on any atom is -0.337 e. The molecule has 9 aromatic rings. The van der Waals surface area contributed by atoms with Gasteiger partial charge in [-0.2, -0.15) is 0 Å². The van der Waals surface area contributed by atoms with Crippen molar-refractivity contribution in [2.45, 2.75) is 38.1 Å². The summed E-state index contributed by atoms with van der Waals surface area (Å²) < 4.78 is 7.65. The molecule has 3 nitrogen and oxygen atoms in total. The van der Waals surface area contributed by atoms with E-state index in [0.29, 0.717) is 6.04 Å². The third-order valence-electron chi connectivity index (χ3n) is 10.4. The van der Waals surface area contributed by atoms with E-state index in [1.54, 1.807) is 0 Å². The van der Waals surface area contributed by atoms with Gasteiger partial charge < -0.3 is 13.7 Å². The summed E-state index contributed by atoms with van der Waals surface area (Å²) in [5.41, 5.74) is 10.1. The Morgan fingerprint density at radius 1 is 0.378 bits per heavy atom. The Labute approximate surface area is 261 Å². The maximum atomic E-state index is 2.66. The van der Waals surface area contributed by atoms with Crippen molar-refractivity contribution in [2.24, 2.45) is 0 Å². The molecular weight excluding hydrogens is 546 g/mol. The zero-order valence-electron chi connectivity index (χ0n) is 25.2. The zero-order chi connectivity index (χ0) is 29.5. The molecule has 216 valence electrons. The van der Waals surface area contributed by atoms with Crippen LogP contribution in [0.25, 0.3) is 76.8 Å². The van der Waals surface area contributed by atoms with E-state index in [1.807, 2.05) is 0 Å². The minimum absolute atomic E-state index is 0.571. The molecule has 1 fully saturated rings. The van der Waals surface area contributed by atoms with Gasteiger partial charge in [0.25, 0.3) is 0 Å². The van der Waals surface area contributed by atoms with Gasteiger partial charge in [-0.3, -0.25) is 0 Å². The Morgan fingerprint density at radius 2 is 0.889 bits per heavy atom. The Kier molecular flexibility index (Phi) is 5.36. The fraction of sp³-hybridized carbons (Fsp3) is 0.143. The van der Waals surface area contributed by atoms with E-state index in [1.165, 1.54) is 109 Å². The van der Waals surface area contributed by atoms with Gasteiger partial charge in [-0.05, 0) is 61.4 Å². The average molecular weight is 580 g/mol. The highest BCUT2D eigenvalue weighted by Crippen LogP contribution is 2.43. The monoisotopic (exact) mass is 579 g/mol. The Morgan fingerprint density at radius 3 is 1.53 bits per heavy atom. The minimum atomic E-state index is 0.571. The van der Waals surface area contributed by atoms with Crippen LogP contribution in [0.15, 0.2) is 133 Å². The Hall–Kier alpha value is -5.28. The Balaban J connectivity index is 1.35. The molecule has 6 aromatic carbocycles. The van der Waals surface area contributed by atoms with Gasteiger partial charge in [0.1, 0.15) is 0 Å². The van der Waals surface area contributed by atoms with Gasteiger partial charge in [-0.25, -0.2) is 0 Å². The summed E-state index contributed by atoms with van der Waals surface area (Å²) in [5.74, 6) is 0. The van der Waals surface area contributed by atoms with Crippen LogP contribution in [0.2, 0.25) is 0 Å². The number of hydrogen-bond acceptors (Lipinski definition) is 0. The molecule has 0 atom stereocenters. The van der Waals surface area contributed by atoms with Gasteiger partial charge in [-0.1, -0.05) is 104 Å². The SMILES string of the molecule is c1ccc(-n2c3ccccc3c3ccc4c5ccccc5n(-c5ccc6c(c5)c5ccccc5n6C5CCCCC5)c4c32)cc1. The summed E-state index contributed by atoms with van der Waals surface area (Å²) in [6.45, 7) is 0. The van der Waals surface area contributed by atoms with Crippen molar-refractivity contribution in [3.8, 4) is 11.4 Å². The highest BCUT2D eigenvalue weighted by molar-refractivity contribution is 6.24. The second-order valence-electron chi connectivity index (χ2n) is 12.8. The molecule has 45 heavy (non-hydrogen) atoms. The van der Waals surface area contributed by atoms with Crippen molar-refractivity contribution < 1.29 is 0 Å². The first-order valence-electron chi connectivity index (χ1n) is 16.4. The molecule has 1 aliphatic carbocycles. The third-order valence-corrected chi connectivity index (χ3v) is 10.4. The predicted octanol–water partition coefficient (Wildman–Crippen LogP) is 11.5. The molecule has 3 heteroatoms. The van der Waals surface area contributed by atoms with Crippen LogP contribution in [0.4, 0.5) is 0 Å². The Bertz CT molecular complexity index is 2570. The fourth-order valence-corrected chi connectivity index (χ4v) is 8.48. The summed E-state index contributed by atoms with van der Waals surface area (Å²) in [5, 5.41) is 7.81. The van der Waals surface area contributed by atoms with Crippen LogP contribution in [-0.2, 0) is 0 Å². The van der Waals surface area contributed by atoms with Crippen LogP contribution in [0.1, 0.15) is 38.1 Å². The number of hydrogen-bond donors (Lipinski definition) is 0. The lowest BCUT2D eigenvalue weighted by Crippen LogP contribution is -2.12. The average Bonchev–Trinajstić information content (AvgIpc) is 3.74. The normalized spacial score (nSPS) is 14.6. The van der Waals surface area contributed by atoms with Crippen molar-refractivity contribution in [1.29, 1.82) is 0 Å². The number of fused-ring (bicyclic) bond motifs is 10. The lowest BCUT2D eigenvalue weighted by molar-refractivity contribution is 0.367. The smallest absolute Gasteiger partial charge is 0.0788 e. The van der Waals surface area contributed by atoms with E-state index < -0.39 is 0 Å². The summed E-state index contributed by atoms with van der Waals surface area (Å²) in [4.78, 5) is 0. The molecule has 0 bridgehead atoms. The highest BCUT2D eigenvalue weighted by Gasteiger charge is 2.23. The third kappa shape index (κ3) is 3.52. The van der Waals surface area contributed by atoms with Gasteiger partial charge >= 0.3 is 0 Å². The number of nitrogens with zero attached hydrogens (tertiary/aromatic N) is 3. The van der Waals surface area contributed by atoms with Crippen LogP contribution < -0.4 is 0 Å². The first-order chi connectivity index (χ1) is 22.4. The van der Waals surface area contributed by atoms with Gasteiger partial charge in [-0.15, -0.1) is 0 Å². The van der Waals surface area contributed by atoms with Gasteiger partial charge in [0, 0.05) is 60.8 Å². The second-order valence-corrected chi connectivity index (χ2v) is 12.8. The molecule has 3 heterocycles. The standard InChI is InChI=1S/C42H33N3/c1-3-13-28(14-4-1)43-37-20-10-9-19-33(37)36-27-30(23-26-40(36)43)45-39-22-12-8-18-32(39)35-25-24-34-31-17-7-11-21-38(31)44(41(34)42(35)45)29-15-5-2-6-16-29/h2,5-12,15-28H,1,3-4,13-14H2. The molecule has 0 radical (unpaired) electrons. The summed E-state index contributed by atoms with van der Waals surface area (Å²) >= 11 is 0. The molecule has 0 unspecified atom stereocenters. The van der Waals surface area contributed by atoms with E-state index in [9.17, 15) is 0 Å². The van der Waals surface area contributed by atoms with E-state index in [-0.39, 0.29) is 0 Å². The van der Waals surface area contributed by atoms with Crippen molar-refractivity contribution >= 4 is 65.4 Å². The lowest BCUT2D eigenvalue weighted by atomic mass is 9.95. The molecule has 1 saturated carbocycles. The van der Waals surface area contributed by atoms with Crippen LogP contribution in [0, 0.1) is 0 Å². The van der Waals surface area contributed by atoms with Gasteiger partial charge in [0.2, 0.25) is 0 Å². The van der Waals surface area contributed by atoms with Crippen LogP contribution >= 0.6 is 0 Å². The van der Waals surface area contributed by atoms with Gasteiger partial charge in [0.15, 0.2) is 0 Å². The lowest BCUT2D eigenvalue weighted by Gasteiger charge is -2.25. The first-order valence-corrected chi connectivity index (χ1v) is 16.4. The van der Waals surface area contributed by atoms with Gasteiger partial charge in [0.05, 0.1) is 22.1 Å². The molecule has 0 saturated heterocycles. The van der Waals surface area contributed by atoms with Crippen molar-refractivity contribution in [2.75, 3.05) is 0 Å². The van der Waals surface area contributed by atoms with Crippen LogP contribution in [-0.4, -0.2) is 13.7 Å². The molecule has 1 aliphatic rings. The largest absolute Gasteiger partial charge is 0.337 e. The number of aromatic nitrogens is 3. The van der Waals surface area contributed by atoms with Crippen molar-refractivity contribution in [3.05, 3.63) is 133 Å². The van der Waals surface area contributed by atoms with E-state index >= 15 is 0 Å². The zero-order valence-corrected chi connectivity index (χ0v) is 25.2. The maximum absolute atomic E-state index is 2.66. The topological polar surface area (TPSA) is 14.8 Å². The molecule has 0 N–H and O–H groups in total. The maximum Gasteiger partial charge on any atom is 0.0788 e. The molecule has 10 rings (SSSR count). The molecular formula is C42H33N3. The van der Waals surface area contributed by atoms with Crippen LogP contribution in [0.5, 0.6) is 0 Å². The van der Waals surface area contributed by atoms with E-state index in [0.717, 1.165) is 0 Å². The molecule has 0 spiro atoms. The second kappa shape index (κ2) is 9.61.